The van der Waals surface area contributed by atoms with E-state index in [2.05, 4.69) is 5.32 Å². The Bertz CT molecular complexity index is 625. The Morgan fingerprint density at radius 2 is 1.76 bits per heavy atom. The minimum absolute atomic E-state index is 0.0117. The number of benzene rings is 2. The first-order valence-corrected chi connectivity index (χ1v) is 7.21. The zero-order chi connectivity index (χ0) is 15.4. The second-order valence-electron chi connectivity index (χ2n) is 4.94. The van der Waals surface area contributed by atoms with Gasteiger partial charge in [-0.1, -0.05) is 35.9 Å². The van der Waals surface area contributed by atoms with Gasteiger partial charge in [-0.05, 0) is 36.8 Å². The van der Waals surface area contributed by atoms with Crippen molar-refractivity contribution in [1.82, 2.24) is 4.90 Å². The number of amides is 1. The van der Waals surface area contributed by atoms with Crippen LogP contribution in [-0.2, 0) is 0 Å². The quantitative estimate of drug-likeness (QED) is 0.917. The van der Waals surface area contributed by atoms with E-state index in [1.165, 1.54) is 0 Å². The second kappa shape index (κ2) is 6.64. The van der Waals surface area contributed by atoms with Gasteiger partial charge in [0, 0.05) is 24.8 Å². The molecule has 0 spiro atoms. The highest BCUT2D eigenvalue weighted by Crippen LogP contribution is 2.24. The predicted molar refractivity (Wildman–Crippen MR) is 87.9 cm³/mol. The Morgan fingerprint density at radius 1 is 1.14 bits per heavy atom. The molecule has 0 saturated heterocycles. The number of anilines is 1. The smallest absolute Gasteiger partial charge is 0.256 e. The van der Waals surface area contributed by atoms with Crippen LogP contribution in [0, 0.1) is 0 Å². The van der Waals surface area contributed by atoms with Gasteiger partial charge in [-0.2, -0.15) is 0 Å². The SMILES string of the molecule is CNc1ccccc1C(=O)N(C)C(C)c1ccc(Cl)cc1. The molecule has 3 nitrogen and oxygen atoms in total. The van der Waals surface area contributed by atoms with Crippen molar-refractivity contribution in [3.8, 4) is 0 Å². The second-order valence-corrected chi connectivity index (χ2v) is 5.38. The van der Waals surface area contributed by atoms with Crippen molar-refractivity contribution >= 4 is 23.2 Å². The van der Waals surface area contributed by atoms with Gasteiger partial charge in [0.15, 0.2) is 0 Å². The lowest BCUT2D eigenvalue weighted by molar-refractivity contribution is 0.0743. The van der Waals surface area contributed by atoms with Crippen molar-refractivity contribution in [3.63, 3.8) is 0 Å². The average Bonchev–Trinajstić information content (AvgIpc) is 2.53. The summed E-state index contributed by atoms with van der Waals surface area (Å²) < 4.78 is 0. The molecule has 1 amide bonds. The minimum Gasteiger partial charge on any atom is -0.387 e. The summed E-state index contributed by atoms with van der Waals surface area (Å²) in [6, 6.07) is 15.1. The highest BCUT2D eigenvalue weighted by molar-refractivity contribution is 6.30. The number of carbonyl (C=O) groups excluding carboxylic acids is 1. The summed E-state index contributed by atoms with van der Waals surface area (Å²) in [5.74, 6) is -0.0117. The lowest BCUT2D eigenvalue weighted by Gasteiger charge is -2.26. The van der Waals surface area contributed by atoms with E-state index in [0.717, 1.165) is 11.3 Å². The number of halogens is 1. The van der Waals surface area contributed by atoms with Gasteiger partial charge >= 0.3 is 0 Å². The van der Waals surface area contributed by atoms with Crippen LogP contribution in [0.2, 0.25) is 5.02 Å². The molecule has 2 aromatic carbocycles. The zero-order valence-corrected chi connectivity index (χ0v) is 13.2. The standard InChI is InChI=1S/C17H19ClN2O/c1-12(13-8-10-14(18)11-9-13)20(3)17(21)15-6-4-5-7-16(15)19-2/h4-12,19H,1-3H3. The molecule has 110 valence electrons. The molecular formula is C17H19ClN2O. The lowest BCUT2D eigenvalue weighted by atomic mass is 10.1. The van der Waals surface area contributed by atoms with E-state index in [1.807, 2.05) is 69.6 Å². The molecule has 2 aromatic rings. The molecule has 0 bridgehead atoms. The molecule has 1 N–H and O–H groups in total. The number of para-hydroxylation sites is 1. The van der Waals surface area contributed by atoms with Crippen LogP contribution >= 0.6 is 11.6 Å². The van der Waals surface area contributed by atoms with Crippen LogP contribution in [0.15, 0.2) is 48.5 Å². The first-order chi connectivity index (χ1) is 10.0. The Labute approximate surface area is 130 Å². The molecule has 0 aromatic heterocycles. The highest BCUT2D eigenvalue weighted by Gasteiger charge is 2.20. The Morgan fingerprint density at radius 3 is 2.38 bits per heavy atom. The monoisotopic (exact) mass is 302 g/mol. The summed E-state index contributed by atoms with van der Waals surface area (Å²) in [4.78, 5) is 14.4. The maximum absolute atomic E-state index is 12.7. The van der Waals surface area contributed by atoms with Gasteiger partial charge in [0.2, 0.25) is 0 Å². The van der Waals surface area contributed by atoms with Crippen LogP contribution in [0.4, 0.5) is 5.69 Å². The number of hydrogen-bond donors (Lipinski definition) is 1. The molecule has 1 unspecified atom stereocenters. The fourth-order valence-electron chi connectivity index (χ4n) is 2.22. The van der Waals surface area contributed by atoms with Crippen LogP contribution in [0.25, 0.3) is 0 Å². The fourth-order valence-corrected chi connectivity index (χ4v) is 2.34. The van der Waals surface area contributed by atoms with Crippen LogP contribution in [0.3, 0.4) is 0 Å². The Hall–Kier alpha value is -2.00. The van der Waals surface area contributed by atoms with Crippen molar-refractivity contribution in [3.05, 3.63) is 64.7 Å². The molecule has 0 aliphatic heterocycles. The molecule has 21 heavy (non-hydrogen) atoms. The van der Waals surface area contributed by atoms with E-state index in [0.29, 0.717) is 10.6 Å². The van der Waals surface area contributed by atoms with Gasteiger partial charge in [-0.15, -0.1) is 0 Å². The van der Waals surface area contributed by atoms with Gasteiger partial charge in [0.25, 0.3) is 5.91 Å². The summed E-state index contributed by atoms with van der Waals surface area (Å²) in [5.41, 5.74) is 2.55. The molecule has 0 saturated carbocycles. The molecular weight excluding hydrogens is 284 g/mol. The largest absolute Gasteiger partial charge is 0.387 e. The van der Waals surface area contributed by atoms with Crippen LogP contribution in [0.5, 0.6) is 0 Å². The van der Waals surface area contributed by atoms with Crippen molar-refractivity contribution in [2.75, 3.05) is 19.4 Å². The average molecular weight is 303 g/mol. The summed E-state index contributed by atoms with van der Waals surface area (Å²) in [5, 5.41) is 3.75. The third-order valence-electron chi connectivity index (χ3n) is 3.68. The first-order valence-electron chi connectivity index (χ1n) is 6.84. The maximum Gasteiger partial charge on any atom is 0.256 e. The molecule has 0 fully saturated rings. The summed E-state index contributed by atoms with van der Waals surface area (Å²) in [6.45, 7) is 2.00. The molecule has 0 aliphatic carbocycles. The van der Waals surface area contributed by atoms with Gasteiger partial charge in [0.05, 0.1) is 11.6 Å². The molecule has 1 atom stereocenters. The van der Waals surface area contributed by atoms with E-state index in [1.54, 1.807) is 4.90 Å². The summed E-state index contributed by atoms with van der Waals surface area (Å²) >= 11 is 5.91. The van der Waals surface area contributed by atoms with E-state index in [4.69, 9.17) is 11.6 Å². The molecule has 0 radical (unpaired) electrons. The Balaban J connectivity index is 2.24. The zero-order valence-electron chi connectivity index (χ0n) is 12.4. The normalized spacial score (nSPS) is 11.8. The summed E-state index contributed by atoms with van der Waals surface area (Å²) in [6.07, 6.45) is 0. The van der Waals surface area contributed by atoms with Crippen molar-refractivity contribution in [2.45, 2.75) is 13.0 Å². The van der Waals surface area contributed by atoms with E-state index in [-0.39, 0.29) is 11.9 Å². The van der Waals surface area contributed by atoms with Gasteiger partial charge < -0.3 is 10.2 Å². The minimum atomic E-state index is -0.0281. The third-order valence-corrected chi connectivity index (χ3v) is 3.93. The van der Waals surface area contributed by atoms with Gasteiger partial charge in [-0.3, -0.25) is 4.79 Å². The van der Waals surface area contributed by atoms with Crippen molar-refractivity contribution in [2.24, 2.45) is 0 Å². The third kappa shape index (κ3) is 3.37. The fraction of sp³-hybridized carbons (Fsp3) is 0.235. The highest BCUT2D eigenvalue weighted by atomic mass is 35.5. The number of nitrogens with zero attached hydrogens (tertiary/aromatic N) is 1. The topological polar surface area (TPSA) is 32.3 Å². The number of rotatable bonds is 4. The van der Waals surface area contributed by atoms with Crippen LogP contribution in [-0.4, -0.2) is 24.9 Å². The van der Waals surface area contributed by atoms with Crippen LogP contribution in [0.1, 0.15) is 28.9 Å². The van der Waals surface area contributed by atoms with Gasteiger partial charge in [0.1, 0.15) is 0 Å². The molecule has 0 heterocycles. The van der Waals surface area contributed by atoms with Crippen molar-refractivity contribution < 1.29 is 4.79 Å². The van der Waals surface area contributed by atoms with Crippen molar-refractivity contribution in [1.29, 1.82) is 0 Å². The summed E-state index contributed by atoms with van der Waals surface area (Å²) in [7, 11) is 3.63. The van der Waals surface area contributed by atoms with E-state index in [9.17, 15) is 4.79 Å². The number of nitrogens with one attached hydrogen (secondary N) is 1. The Kier molecular flexibility index (Phi) is 4.86. The molecule has 2 rings (SSSR count). The van der Waals surface area contributed by atoms with E-state index < -0.39 is 0 Å². The van der Waals surface area contributed by atoms with Crippen LogP contribution < -0.4 is 5.32 Å². The molecule has 4 heteroatoms. The van der Waals surface area contributed by atoms with Gasteiger partial charge in [-0.25, -0.2) is 0 Å². The maximum atomic E-state index is 12.7. The molecule has 0 aliphatic rings. The lowest BCUT2D eigenvalue weighted by Crippen LogP contribution is -2.30. The van der Waals surface area contributed by atoms with E-state index >= 15 is 0 Å². The number of hydrogen-bond acceptors (Lipinski definition) is 2. The first kappa shape index (κ1) is 15.4. The predicted octanol–water partition coefficient (Wildman–Crippen LogP) is 4.21. The number of carbonyl (C=O) groups is 1.